The molecule has 1 aliphatic rings. The number of aliphatic hydroxyl groups excluding tert-OH is 5. The summed E-state index contributed by atoms with van der Waals surface area (Å²) in [6.07, 6.45) is 40.4. The minimum absolute atomic E-state index is 0.107. The summed E-state index contributed by atoms with van der Waals surface area (Å²) in [5.74, 6) is -0.509. The number of aliphatic hydroxyl groups is 5. The van der Waals surface area contributed by atoms with Crippen molar-refractivity contribution >= 4 is 13.8 Å². The van der Waals surface area contributed by atoms with Crippen molar-refractivity contribution in [2.24, 2.45) is 0 Å². The Balaban J connectivity index is 2.43. The number of unbranched alkanes of at least 4 members (excludes halogenated alkanes) is 9. The van der Waals surface area contributed by atoms with Gasteiger partial charge in [-0.15, -0.1) is 0 Å². The molecule has 0 aromatic rings. The molecule has 0 amide bonds. The Bertz CT molecular complexity index is 1390. The van der Waals surface area contributed by atoms with E-state index in [0.717, 1.165) is 116 Å². The Labute approximate surface area is 373 Å². The van der Waals surface area contributed by atoms with Crippen LogP contribution in [0.3, 0.4) is 0 Å². The van der Waals surface area contributed by atoms with Crippen molar-refractivity contribution in [1.29, 1.82) is 0 Å². The third kappa shape index (κ3) is 30.4. The summed E-state index contributed by atoms with van der Waals surface area (Å²) in [7, 11) is -5.04. The molecule has 0 spiro atoms. The molecular formula is C49H81O12P. The maximum atomic E-state index is 12.8. The van der Waals surface area contributed by atoms with Crippen LogP contribution in [0.5, 0.6) is 0 Å². The van der Waals surface area contributed by atoms with Gasteiger partial charge in [0.05, 0.1) is 13.2 Å². The SMILES string of the molecule is CC/C=C\C/C=C\C/C=C\C/C=C\C/C=C\CCCCCCCC(=O)OC(COCCCCCC/C=C\C/C=C\C/C=C\CC)COP(=O)(O)OC1C(O)C(O)C(O)C(O)C1O. The van der Waals surface area contributed by atoms with Crippen LogP contribution in [0, 0.1) is 0 Å². The second kappa shape index (κ2) is 38.7. The maximum absolute atomic E-state index is 12.8. The predicted molar refractivity (Wildman–Crippen MR) is 248 cm³/mol. The number of hydrogen-bond donors (Lipinski definition) is 6. The number of phosphoric ester groups is 1. The molecular weight excluding hydrogens is 812 g/mol. The van der Waals surface area contributed by atoms with Crippen molar-refractivity contribution in [2.75, 3.05) is 19.8 Å². The number of hydrogen-bond acceptors (Lipinski definition) is 11. The topological polar surface area (TPSA) is 192 Å². The second-order valence-corrected chi connectivity index (χ2v) is 16.9. The molecule has 12 nitrogen and oxygen atoms in total. The first kappa shape index (κ1) is 57.3. The Morgan fingerprint density at radius 3 is 1.37 bits per heavy atom. The highest BCUT2D eigenvalue weighted by molar-refractivity contribution is 7.47. The highest BCUT2D eigenvalue weighted by Gasteiger charge is 2.51. The van der Waals surface area contributed by atoms with Crippen molar-refractivity contribution in [3.63, 3.8) is 0 Å². The molecule has 1 fully saturated rings. The highest BCUT2D eigenvalue weighted by atomic mass is 31.2. The van der Waals surface area contributed by atoms with Crippen LogP contribution in [-0.4, -0.2) is 98.9 Å². The molecule has 6 unspecified atom stereocenters. The number of phosphoric acid groups is 1. The number of esters is 1. The number of carbonyl (C=O) groups is 1. The molecule has 0 bridgehead atoms. The van der Waals surface area contributed by atoms with E-state index in [1.54, 1.807) is 0 Å². The summed E-state index contributed by atoms with van der Waals surface area (Å²) in [6, 6.07) is 0. The molecule has 0 aromatic carbocycles. The quantitative estimate of drug-likeness (QED) is 0.0150. The van der Waals surface area contributed by atoms with Gasteiger partial charge in [0.1, 0.15) is 42.7 Å². The summed E-state index contributed by atoms with van der Waals surface area (Å²) in [4.78, 5) is 23.2. The predicted octanol–water partition coefficient (Wildman–Crippen LogP) is 9.53. The Hall–Kier alpha value is -2.74. The third-order valence-corrected chi connectivity index (χ3v) is 10.9. The van der Waals surface area contributed by atoms with E-state index < -0.39 is 63.1 Å². The van der Waals surface area contributed by atoms with Crippen LogP contribution in [0.1, 0.15) is 142 Å². The Morgan fingerprint density at radius 1 is 0.516 bits per heavy atom. The van der Waals surface area contributed by atoms with Crippen LogP contribution in [0.15, 0.2) is 97.2 Å². The fraction of sp³-hybridized carbons (Fsp3) is 0.653. The van der Waals surface area contributed by atoms with Gasteiger partial charge < -0.3 is 39.9 Å². The van der Waals surface area contributed by atoms with Crippen molar-refractivity contribution in [3.05, 3.63) is 97.2 Å². The molecule has 0 aliphatic heterocycles. The smallest absolute Gasteiger partial charge is 0.457 e. The first-order valence-corrected chi connectivity index (χ1v) is 24.6. The molecule has 6 N–H and O–H groups in total. The molecule has 0 radical (unpaired) electrons. The van der Waals surface area contributed by atoms with E-state index in [1.807, 2.05) is 0 Å². The van der Waals surface area contributed by atoms with Crippen molar-refractivity contribution in [3.8, 4) is 0 Å². The number of carbonyl (C=O) groups excluding carboxylic acids is 1. The van der Waals surface area contributed by atoms with Crippen molar-refractivity contribution in [1.82, 2.24) is 0 Å². The zero-order valence-electron chi connectivity index (χ0n) is 37.6. The largest absolute Gasteiger partial charge is 0.472 e. The fourth-order valence-electron chi connectivity index (χ4n) is 6.34. The molecule has 1 aliphatic carbocycles. The van der Waals surface area contributed by atoms with E-state index in [2.05, 4.69) is 111 Å². The summed E-state index contributed by atoms with van der Waals surface area (Å²) >= 11 is 0. The van der Waals surface area contributed by atoms with Crippen LogP contribution in [0.25, 0.3) is 0 Å². The molecule has 0 heterocycles. The molecule has 354 valence electrons. The van der Waals surface area contributed by atoms with Crippen LogP contribution in [-0.2, 0) is 27.9 Å². The molecule has 0 aromatic heterocycles. The minimum Gasteiger partial charge on any atom is -0.457 e. The van der Waals surface area contributed by atoms with Gasteiger partial charge in [-0.25, -0.2) is 4.57 Å². The summed E-state index contributed by atoms with van der Waals surface area (Å²) in [5, 5.41) is 50.2. The molecule has 6 atom stereocenters. The van der Waals surface area contributed by atoms with E-state index in [1.165, 1.54) is 0 Å². The number of rotatable bonds is 37. The molecule has 13 heteroatoms. The maximum Gasteiger partial charge on any atom is 0.472 e. The van der Waals surface area contributed by atoms with Crippen LogP contribution < -0.4 is 0 Å². The van der Waals surface area contributed by atoms with E-state index in [-0.39, 0.29) is 13.0 Å². The van der Waals surface area contributed by atoms with E-state index in [9.17, 15) is 39.8 Å². The molecule has 62 heavy (non-hydrogen) atoms. The van der Waals surface area contributed by atoms with Crippen LogP contribution in [0.2, 0.25) is 0 Å². The lowest BCUT2D eigenvalue weighted by Crippen LogP contribution is -2.64. The number of allylic oxidation sites excluding steroid dienone is 16. The standard InChI is InChI=1S/C49H81O12P/c1-3-5-7-9-11-13-15-17-19-20-21-22-23-24-25-26-28-30-32-34-36-38-43(50)60-42(40-58-39-37-35-33-31-29-27-18-16-14-12-10-8-6-4-2)41-59-62(56,57)61-49-47(54)45(52)44(51)46(53)48(49)55/h5-8,11-14,17-19,21-22,24-25,27,42,44-49,51-55H,3-4,9-10,15-16,20,23,26,28-41H2,1-2H3,(H,56,57)/b7-5-,8-6-,13-11-,14-12-,19-17-,22-21-,25-24-,27-18-. The van der Waals surface area contributed by atoms with Crippen molar-refractivity contribution < 1.29 is 58.3 Å². The zero-order valence-corrected chi connectivity index (χ0v) is 38.5. The number of ether oxygens (including phenoxy) is 2. The Morgan fingerprint density at radius 2 is 0.903 bits per heavy atom. The first-order valence-electron chi connectivity index (χ1n) is 23.1. The van der Waals surface area contributed by atoms with Crippen LogP contribution >= 0.6 is 7.82 Å². The molecule has 1 saturated carbocycles. The van der Waals surface area contributed by atoms with Gasteiger partial charge >= 0.3 is 13.8 Å². The van der Waals surface area contributed by atoms with Gasteiger partial charge in [-0.1, -0.05) is 143 Å². The zero-order chi connectivity index (χ0) is 45.5. The minimum atomic E-state index is -5.04. The second-order valence-electron chi connectivity index (χ2n) is 15.5. The monoisotopic (exact) mass is 893 g/mol. The van der Waals surface area contributed by atoms with Crippen LogP contribution in [0.4, 0.5) is 0 Å². The van der Waals surface area contributed by atoms with Crippen molar-refractivity contribution in [2.45, 2.75) is 185 Å². The van der Waals surface area contributed by atoms with E-state index >= 15 is 0 Å². The van der Waals surface area contributed by atoms with Gasteiger partial charge in [0.25, 0.3) is 0 Å². The van der Waals surface area contributed by atoms with Gasteiger partial charge in [0.15, 0.2) is 0 Å². The highest BCUT2D eigenvalue weighted by Crippen LogP contribution is 2.47. The molecule has 1 rings (SSSR count). The summed E-state index contributed by atoms with van der Waals surface area (Å²) in [5.41, 5.74) is 0. The van der Waals surface area contributed by atoms with Gasteiger partial charge in [-0.05, 0) is 89.9 Å². The van der Waals surface area contributed by atoms with E-state index in [4.69, 9.17) is 18.5 Å². The third-order valence-electron chi connectivity index (χ3n) is 9.95. The normalized spacial score (nSPS) is 22.9. The Kier molecular flexibility index (Phi) is 35.7. The lowest BCUT2D eigenvalue weighted by molar-refractivity contribution is -0.220. The fourth-order valence-corrected chi connectivity index (χ4v) is 7.31. The average Bonchev–Trinajstić information content (AvgIpc) is 3.26. The lowest BCUT2D eigenvalue weighted by atomic mass is 9.85. The van der Waals surface area contributed by atoms with Gasteiger partial charge in [0.2, 0.25) is 0 Å². The van der Waals surface area contributed by atoms with E-state index in [0.29, 0.717) is 13.0 Å². The van der Waals surface area contributed by atoms with Gasteiger partial charge in [0, 0.05) is 13.0 Å². The lowest BCUT2D eigenvalue weighted by Gasteiger charge is -2.41. The summed E-state index contributed by atoms with van der Waals surface area (Å²) in [6.45, 7) is 3.94. The van der Waals surface area contributed by atoms with Gasteiger partial charge in [-0.2, -0.15) is 0 Å². The summed E-state index contributed by atoms with van der Waals surface area (Å²) < 4.78 is 34.1. The molecule has 0 saturated heterocycles. The van der Waals surface area contributed by atoms with Gasteiger partial charge in [-0.3, -0.25) is 13.8 Å². The average molecular weight is 893 g/mol. The first-order chi connectivity index (χ1) is 30.0.